The van der Waals surface area contributed by atoms with Gasteiger partial charge in [-0.2, -0.15) is 0 Å². The number of nitrogens with one attached hydrogen (secondary N) is 2. The second-order valence-electron chi connectivity index (χ2n) is 4.70. The molecule has 0 aliphatic heterocycles. The summed E-state index contributed by atoms with van der Waals surface area (Å²) in [4.78, 5) is 11.8. The third-order valence-electron chi connectivity index (χ3n) is 3.01. The van der Waals surface area contributed by atoms with E-state index in [9.17, 15) is 9.18 Å². The van der Waals surface area contributed by atoms with Crippen molar-refractivity contribution in [3.63, 3.8) is 0 Å². The second kappa shape index (κ2) is 8.14. The molecule has 0 radical (unpaired) electrons. The lowest BCUT2D eigenvalue weighted by Gasteiger charge is -2.08. The number of ether oxygens (including phenoxy) is 1. The Morgan fingerprint density at radius 3 is 2.55 bits per heavy atom. The van der Waals surface area contributed by atoms with Gasteiger partial charge in [-0.1, -0.05) is 18.2 Å². The molecule has 1 amide bonds. The first-order chi connectivity index (χ1) is 10.7. The summed E-state index contributed by atoms with van der Waals surface area (Å²) in [6.45, 7) is 2.94. The molecule has 0 aliphatic rings. The normalized spacial score (nSPS) is 10.3. The molecular formula is C17H19FN2O2. The molecule has 5 heteroatoms. The van der Waals surface area contributed by atoms with E-state index in [-0.39, 0.29) is 18.3 Å². The van der Waals surface area contributed by atoms with Crippen molar-refractivity contribution in [2.24, 2.45) is 0 Å². The summed E-state index contributed by atoms with van der Waals surface area (Å²) in [5, 5.41) is 5.68. The molecule has 0 heterocycles. The fourth-order valence-corrected chi connectivity index (χ4v) is 1.96. The van der Waals surface area contributed by atoms with E-state index in [4.69, 9.17) is 4.74 Å². The van der Waals surface area contributed by atoms with Crippen molar-refractivity contribution < 1.29 is 13.9 Å². The molecule has 0 aromatic heterocycles. The first kappa shape index (κ1) is 16.0. The lowest BCUT2D eigenvalue weighted by atomic mass is 10.2. The van der Waals surface area contributed by atoms with Gasteiger partial charge in [0.1, 0.15) is 11.6 Å². The number of anilines is 1. The van der Waals surface area contributed by atoms with Crippen LogP contribution in [-0.4, -0.2) is 19.1 Å². The van der Waals surface area contributed by atoms with Crippen LogP contribution in [0.4, 0.5) is 10.1 Å². The highest BCUT2D eigenvalue weighted by Crippen LogP contribution is 2.15. The second-order valence-corrected chi connectivity index (χ2v) is 4.70. The predicted molar refractivity (Wildman–Crippen MR) is 84.3 cm³/mol. The van der Waals surface area contributed by atoms with Gasteiger partial charge in [0.05, 0.1) is 13.2 Å². The summed E-state index contributed by atoms with van der Waals surface area (Å²) in [5.74, 6) is 0.306. The molecule has 0 fully saturated rings. The first-order valence-electron chi connectivity index (χ1n) is 7.16. The van der Waals surface area contributed by atoms with Gasteiger partial charge in [-0.25, -0.2) is 4.39 Å². The van der Waals surface area contributed by atoms with Crippen LogP contribution in [0.1, 0.15) is 12.5 Å². The van der Waals surface area contributed by atoms with E-state index < -0.39 is 0 Å². The Morgan fingerprint density at radius 2 is 1.86 bits per heavy atom. The van der Waals surface area contributed by atoms with Gasteiger partial charge in [-0.05, 0) is 37.3 Å². The Bertz CT molecular complexity index is 614. The van der Waals surface area contributed by atoms with Gasteiger partial charge in [0, 0.05) is 17.8 Å². The average molecular weight is 302 g/mol. The Hall–Kier alpha value is -2.40. The Kier molecular flexibility index (Phi) is 5.91. The summed E-state index contributed by atoms with van der Waals surface area (Å²) in [6.07, 6.45) is 0. The molecular weight excluding hydrogens is 283 g/mol. The molecule has 0 saturated heterocycles. The third-order valence-corrected chi connectivity index (χ3v) is 3.01. The smallest absolute Gasteiger partial charge is 0.238 e. The Balaban J connectivity index is 1.77. The standard InChI is InChI=1S/C17H19FN2O2/c1-2-22-15-9-7-14(8-10-15)20-17(21)12-19-11-13-5-3-4-6-16(13)18/h3-10,19H,2,11-12H2,1H3,(H,20,21). The zero-order valence-corrected chi connectivity index (χ0v) is 12.4. The molecule has 0 aliphatic carbocycles. The van der Waals surface area contributed by atoms with Crippen molar-refractivity contribution in [1.29, 1.82) is 0 Å². The van der Waals surface area contributed by atoms with Gasteiger partial charge in [-0.3, -0.25) is 4.79 Å². The maximum Gasteiger partial charge on any atom is 0.238 e. The minimum Gasteiger partial charge on any atom is -0.494 e. The number of halogens is 1. The number of amides is 1. The highest BCUT2D eigenvalue weighted by molar-refractivity contribution is 5.92. The summed E-state index contributed by atoms with van der Waals surface area (Å²) < 4.78 is 18.7. The van der Waals surface area contributed by atoms with Gasteiger partial charge in [0.25, 0.3) is 0 Å². The minimum atomic E-state index is -0.276. The topological polar surface area (TPSA) is 50.4 Å². The number of hydrogen-bond donors (Lipinski definition) is 2. The van der Waals surface area contributed by atoms with Crippen LogP contribution in [0.3, 0.4) is 0 Å². The molecule has 0 spiro atoms. The van der Waals surface area contributed by atoms with Crippen molar-refractivity contribution >= 4 is 11.6 Å². The number of hydrogen-bond acceptors (Lipinski definition) is 3. The van der Waals surface area contributed by atoms with Gasteiger partial charge in [0.2, 0.25) is 5.91 Å². The van der Waals surface area contributed by atoms with Gasteiger partial charge < -0.3 is 15.4 Å². The summed E-state index contributed by atoms with van der Waals surface area (Å²) in [6, 6.07) is 13.6. The number of carbonyl (C=O) groups is 1. The summed E-state index contributed by atoms with van der Waals surface area (Å²) in [5.41, 5.74) is 1.23. The van der Waals surface area contributed by atoms with Crippen LogP contribution in [0.2, 0.25) is 0 Å². The lowest BCUT2D eigenvalue weighted by Crippen LogP contribution is -2.27. The van der Waals surface area contributed by atoms with Gasteiger partial charge >= 0.3 is 0 Å². The molecule has 0 atom stereocenters. The molecule has 116 valence electrons. The Morgan fingerprint density at radius 1 is 1.14 bits per heavy atom. The molecule has 4 nitrogen and oxygen atoms in total. The molecule has 2 rings (SSSR count). The quantitative estimate of drug-likeness (QED) is 0.827. The molecule has 2 aromatic rings. The monoisotopic (exact) mass is 302 g/mol. The van der Waals surface area contributed by atoms with E-state index in [0.717, 1.165) is 5.75 Å². The largest absolute Gasteiger partial charge is 0.494 e. The molecule has 0 bridgehead atoms. The first-order valence-corrected chi connectivity index (χ1v) is 7.16. The van der Waals surface area contributed by atoms with Crippen LogP contribution < -0.4 is 15.4 Å². The number of benzene rings is 2. The SMILES string of the molecule is CCOc1ccc(NC(=O)CNCc2ccccc2F)cc1. The predicted octanol–water partition coefficient (Wildman–Crippen LogP) is 2.95. The number of carbonyl (C=O) groups excluding carboxylic acids is 1. The maximum atomic E-state index is 13.4. The lowest BCUT2D eigenvalue weighted by molar-refractivity contribution is -0.115. The van der Waals surface area contributed by atoms with E-state index >= 15 is 0 Å². The zero-order valence-electron chi connectivity index (χ0n) is 12.4. The molecule has 2 aromatic carbocycles. The van der Waals surface area contributed by atoms with Crippen LogP contribution in [0.15, 0.2) is 48.5 Å². The molecule has 0 saturated carbocycles. The molecule has 22 heavy (non-hydrogen) atoms. The average Bonchev–Trinajstić information content (AvgIpc) is 2.51. The van der Waals surface area contributed by atoms with E-state index in [0.29, 0.717) is 24.4 Å². The van der Waals surface area contributed by atoms with E-state index in [1.165, 1.54) is 6.07 Å². The fraction of sp³-hybridized carbons (Fsp3) is 0.235. The molecule has 0 unspecified atom stereocenters. The van der Waals surface area contributed by atoms with Gasteiger partial charge in [-0.15, -0.1) is 0 Å². The van der Waals surface area contributed by atoms with Crippen molar-refractivity contribution in [3.8, 4) is 5.75 Å². The Labute approximate surface area is 129 Å². The van der Waals surface area contributed by atoms with Crippen LogP contribution >= 0.6 is 0 Å². The van der Waals surface area contributed by atoms with Crippen LogP contribution in [-0.2, 0) is 11.3 Å². The van der Waals surface area contributed by atoms with Crippen LogP contribution in [0, 0.1) is 5.82 Å². The van der Waals surface area contributed by atoms with Crippen molar-refractivity contribution in [3.05, 3.63) is 59.9 Å². The third kappa shape index (κ3) is 4.86. The minimum absolute atomic E-state index is 0.113. The number of rotatable bonds is 7. The van der Waals surface area contributed by atoms with E-state index in [1.807, 2.05) is 6.92 Å². The van der Waals surface area contributed by atoms with Crippen LogP contribution in [0.25, 0.3) is 0 Å². The van der Waals surface area contributed by atoms with Crippen LogP contribution in [0.5, 0.6) is 5.75 Å². The van der Waals surface area contributed by atoms with Crippen molar-refractivity contribution in [2.45, 2.75) is 13.5 Å². The van der Waals surface area contributed by atoms with Crippen molar-refractivity contribution in [1.82, 2.24) is 5.32 Å². The van der Waals surface area contributed by atoms with Crippen molar-refractivity contribution in [2.75, 3.05) is 18.5 Å². The highest BCUT2D eigenvalue weighted by atomic mass is 19.1. The zero-order chi connectivity index (χ0) is 15.8. The summed E-state index contributed by atoms with van der Waals surface area (Å²) >= 11 is 0. The van der Waals surface area contributed by atoms with Gasteiger partial charge in [0.15, 0.2) is 0 Å². The molecule has 2 N–H and O–H groups in total. The fourth-order valence-electron chi connectivity index (χ4n) is 1.96. The van der Waals surface area contributed by atoms with E-state index in [1.54, 1.807) is 42.5 Å². The highest BCUT2D eigenvalue weighted by Gasteiger charge is 2.04. The maximum absolute atomic E-state index is 13.4. The summed E-state index contributed by atoms with van der Waals surface area (Å²) in [7, 11) is 0. The van der Waals surface area contributed by atoms with E-state index in [2.05, 4.69) is 10.6 Å².